The first-order chi connectivity index (χ1) is 20.8. The zero-order valence-corrected chi connectivity index (χ0v) is 26.1. The van der Waals surface area contributed by atoms with Crippen molar-refractivity contribution in [1.82, 2.24) is 4.90 Å². The summed E-state index contributed by atoms with van der Waals surface area (Å²) in [6.45, 7) is 13.0. The van der Waals surface area contributed by atoms with E-state index in [0.717, 1.165) is 35.3 Å². The fraction of sp³-hybridized carbons (Fsp3) is 0.457. The second kappa shape index (κ2) is 13.1. The van der Waals surface area contributed by atoms with E-state index < -0.39 is 22.6 Å². The molecule has 0 radical (unpaired) electrons. The molecule has 0 aromatic heterocycles. The number of nitrogens with zero attached hydrogens (tertiary/aromatic N) is 3. The lowest BCUT2D eigenvalue weighted by atomic mass is 9.70. The molecule has 0 aliphatic carbocycles. The number of likely N-dealkylation sites (tertiary alicyclic amines) is 1. The van der Waals surface area contributed by atoms with Crippen LogP contribution < -0.4 is 9.80 Å². The van der Waals surface area contributed by atoms with Crippen LogP contribution >= 0.6 is 11.8 Å². The van der Waals surface area contributed by atoms with Gasteiger partial charge in [-0.15, -0.1) is 24.9 Å². The van der Waals surface area contributed by atoms with E-state index in [2.05, 4.69) is 13.2 Å². The van der Waals surface area contributed by atoms with E-state index in [1.165, 1.54) is 0 Å². The monoisotopic (exact) mass is 601 g/mol. The minimum atomic E-state index is -0.685. The highest BCUT2D eigenvalue weighted by atomic mass is 32.2. The smallest absolute Gasteiger partial charge is 0.251 e. The Morgan fingerprint density at radius 3 is 2.30 bits per heavy atom. The van der Waals surface area contributed by atoms with Crippen molar-refractivity contribution in [3.8, 4) is 0 Å². The van der Waals surface area contributed by atoms with Crippen LogP contribution in [0.2, 0.25) is 0 Å². The lowest BCUT2D eigenvalue weighted by Gasteiger charge is -2.38. The van der Waals surface area contributed by atoms with E-state index in [0.29, 0.717) is 38.9 Å². The Labute approximate surface area is 259 Å². The molecule has 8 heteroatoms. The number of hydrogen-bond acceptors (Lipinski definition) is 5. The number of hydrogen-bond donors (Lipinski definition) is 1. The normalized spacial score (nSPS) is 25.5. The van der Waals surface area contributed by atoms with E-state index in [4.69, 9.17) is 0 Å². The maximum atomic E-state index is 14.9. The molecule has 5 rings (SSSR count). The number of aryl methyl sites for hydroxylation is 2. The van der Waals surface area contributed by atoms with Crippen molar-refractivity contribution in [3.05, 3.63) is 85.0 Å². The average molecular weight is 602 g/mol. The van der Waals surface area contributed by atoms with Gasteiger partial charge < -0.3 is 19.8 Å². The number of unbranched alkanes of at least 4 members (excludes halogenated alkanes) is 2. The van der Waals surface area contributed by atoms with Crippen molar-refractivity contribution >= 4 is 40.9 Å². The minimum absolute atomic E-state index is 0.0302. The van der Waals surface area contributed by atoms with Gasteiger partial charge in [-0.25, -0.2) is 0 Å². The largest absolute Gasteiger partial charge is 0.396 e. The third-order valence-electron chi connectivity index (χ3n) is 9.31. The van der Waals surface area contributed by atoms with Crippen molar-refractivity contribution in [2.75, 3.05) is 36.0 Å². The molecule has 1 N–H and O–H groups in total. The maximum absolute atomic E-state index is 14.9. The molecule has 3 amide bonds. The van der Waals surface area contributed by atoms with Crippen molar-refractivity contribution in [3.63, 3.8) is 0 Å². The van der Waals surface area contributed by atoms with Crippen LogP contribution in [0.4, 0.5) is 11.4 Å². The molecule has 5 atom stereocenters. The van der Waals surface area contributed by atoms with Crippen molar-refractivity contribution in [2.45, 2.75) is 62.0 Å². The number of para-hydroxylation sites is 2. The second-order valence-electron chi connectivity index (χ2n) is 11.9. The fourth-order valence-corrected chi connectivity index (χ4v) is 9.77. The zero-order chi connectivity index (χ0) is 30.7. The molecule has 2 aromatic carbocycles. The van der Waals surface area contributed by atoms with Gasteiger partial charge in [0.1, 0.15) is 6.04 Å². The number of amides is 3. The third-order valence-corrected chi connectivity index (χ3v) is 11.3. The topological polar surface area (TPSA) is 81.2 Å². The first kappa shape index (κ1) is 31.1. The van der Waals surface area contributed by atoms with E-state index in [9.17, 15) is 19.5 Å². The van der Waals surface area contributed by atoms with E-state index in [1.807, 2.05) is 62.4 Å². The van der Waals surface area contributed by atoms with Gasteiger partial charge in [0, 0.05) is 42.9 Å². The Balaban J connectivity index is 1.56. The first-order valence-electron chi connectivity index (χ1n) is 15.4. The lowest BCUT2D eigenvalue weighted by Crippen LogP contribution is -2.55. The number of anilines is 2. The standard InChI is InChI=1S/C35H43N3O4S/c1-5-20-36(26-16-9-7-10-17-26)32(40)28-27-18-19-35(43-27)29(28)33(41)38(22-11-8-12-23-39)31(35)34(42)37(21-6-2)30-24(3)14-13-15-25(30)4/h5-7,9-10,13-17,27-29,31,39H,1-2,8,11-12,18-23H2,3-4H3/t27-,28+,29-,31?,35?/m0/s1. The van der Waals surface area contributed by atoms with Crippen LogP contribution in [0.1, 0.15) is 43.2 Å². The fourth-order valence-electron chi connectivity index (χ4n) is 7.56. The van der Waals surface area contributed by atoms with Gasteiger partial charge in [0.05, 0.1) is 16.6 Å². The van der Waals surface area contributed by atoms with Crippen LogP contribution in [-0.2, 0) is 14.4 Å². The Kier molecular flexibility index (Phi) is 9.47. The lowest BCUT2D eigenvalue weighted by molar-refractivity contribution is -0.139. The molecular weight excluding hydrogens is 558 g/mol. The van der Waals surface area contributed by atoms with Gasteiger partial charge in [0.25, 0.3) is 5.91 Å². The highest BCUT2D eigenvalue weighted by Gasteiger charge is 2.74. The Morgan fingerprint density at radius 2 is 1.65 bits per heavy atom. The number of carbonyl (C=O) groups excluding carboxylic acids is 3. The SMILES string of the molecule is C=CCN(C(=O)[C@@H]1[C@@H]2CCC3(S2)C(C(=O)N(CC=C)c2c(C)cccc2C)N(CCCCCO)C(=O)[C@H]13)c1ccccc1. The molecule has 3 heterocycles. The quantitative estimate of drug-likeness (QED) is 0.249. The molecule has 2 unspecified atom stereocenters. The summed E-state index contributed by atoms with van der Waals surface area (Å²) in [5, 5.41) is 9.33. The molecular formula is C35H43N3O4S. The molecule has 1 spiro atoms. The summed E-state index contributed by atoms with van der Waals surface area (Å²) in [5.74, 6) is -1.37. The molecule has 7 nitrogen and oxygen atoms in total. The Morgan fingerprint density at radius 1 is 0.977 bits per heavy atom. The maximum Gasteiger partial charge on any atom is 0.251 e. The van der Waals surface area contributed by atoms with Crippen LogP contribution in [0.15, 0.2) is 73.8 Å². The zero-order valence-electron chi connectivity index (χ0n) is 25.3. The number of thioether (sulfide) groups is 1. The number of rotatable bonds is 13. The summed E-state index contributed by atoms with van der Waals surface area (Å²) < 4.78 is -0.678. The van der Waals surface area contributed by atoms with Gasteiger partial charge in [-0.2, -0.15) is 0 Å². The molecule has 3 aliphatic heterocycles. The molecule has 0 saturated carbocycles. The van der Waals surface area contributed by atoms with Crippen LogP contribution in [0.5, 0.6) is 0 Å². The summed E-state index contributed by atoms with van der Waals surface area (Å²) in [4.78, 5) is 49.1. The first-order valence-corrected chi connectivity index (χ1v) is 16.2. The van der Waals surface area contributed by atoms with Crippen LogP contribution in [-0.4, -0.2) is 70.0 Å². The third kappa shape index (κ3) is 5.44. The highest BCUT2D eigenvalue weighted by molar-refractivity contribution is 8.02. The van der Waals surface area contributed by atoms with Gasteiger partial charge in [0.2, 0.25) is 11.8 Å². The molecule has 43 heavy (non-hydrogen) atoms. The summed E-state index contributed by atoms with van der Waals surface area (Å²) in [5.41, 5.74) is 3.61. The molecule has 228 valence electrons. The van der Waals surface area contributed by atoms with Crippen LogP contribution in [0.25, 0.3) is 0 Å². The molecule has 3 fully saturated rings. The molecule has 3 aliphatic rings. The predicted octanol–water partition coefficient (Wildman–Crippen LogP) is 5.30. The summed E-state index contributed by atoms with van der Waals surface area (Å²) in [7, 11) is 0. The van der Waals surface area contributed by atoms with Gasteiger partial charge in [-0.3, -0.25) is 14.4 Å². The molecule has 3 saturated heterocycles. The van der Waals surface area contributed by atoms with Gasteiger partial charge in [0.15, 0.2) is 0 Å². The van der Waals surface area contributed by atoms with Crippen LogP contribution in [0.3, 0.4) is 0 Å². The number of aliphatic hydroxyl groups excluding tert-OH is 1. The molecule has 2 aromatic rings. The van der Waals surface area contributed by atoms with E-state index in [1.54, 1.807) is 38.6 Å². The highest BCUT2D eigenvalue weighted by Crippen LogP contribution is 2.67. The van der Waals surface area contributed by atoms with Crippen molar-refractivity contribution < 1.29 is 19.5 Å². The second-order valence-corrected chi connectivity index (χ2v) is 13.5. The number of benzene rings is 2. The molecule has 2 bridgehead atoms. The summed E-state index contributed by atoms with van der Waals surface area (Å²) in [6, 6.07) is 14.8. The number of aliphatic hydroxyl groups is 1. The van der Waals surface area contributed by atoms with Gasteiger partial charge in [-0.1, -0.05) is 48.6 Å². The number of fused-ring (bicyclic) bond motifs is 1. The summed E-state index contributed by atoms with van der Waals surface area (Å²) in [6.07, 6.45) is 7.04. The van der Waals surface area contributed by atoms with Crippen LogP contribution in [0, 0.1) is 25.7 Å². The van der Waals surface area contributed by atoms with E-state index in [-0.39, 0.29) is 29.6 Å². The predicted molar refractivity (Wildman–Crippen MR) is 174 cm³/mol. The van der Waals surface area contributed by atoms with Gasteiger partial charge in [-0.05, 0) is 69.2 Å². The average Bonchev–Trinajstić information content (AvgIpc) is 3.64. The summed E-state index contributed by atoms with van der Waals surface area (Å²) >= 11 is 1.69. The minimum Gasteiger partial charge on any atom is -0.396 e. The Hall–Kier alpha value is -3.36. The number of carbonyl (C=O) groups is 3. The van der Waals surface area contributed by atoms with Crippen molar-refractivity contribution in [2.24, 2.45) is 11.8 Å². The van der Waals surface area contributed by atoms with Crippen molar-refractivity contribution in [1.29, 1.82) is 0 Å². The van der Waals surface area contributed by atoms with Gasteiger partial charge >= 0.3 is 0 Å². The Bertz CT molecular complexity index is 1360. The van der Waals surface area contributed by atoms with E-state index >= 15 is 0 Å².